The fourth-order valence-electron chi connectivity index (χ4n) is 6.47. The smallest absolute Gasteiger partial charge is 0.319 e. The number of ether oxygens (including phenoxy) is 1. The molecule has 1 fully saturated rings. The Morgan fingerprint density at radius 1 is 1.07 bits per heavy atom. The minimum absolute atomic E-state index is 0.0222. The van der Waals surface area contributed by atoms with E-state index < -0.39 is 17.7 Å². The molecule has 5 N–H and O–H groups in total. The first-order valence-corrected chi connectivity index (χ1v) is 14.1. The number of fused-ring (bicyclic) bond motifs is 3. The van der Waals surface area contributed by atoms with E-state index in [-0.39, 0.29) is 30.0 Å². The third kappa shape index (κ3) is 5.10. The molecule has 40 heavy (non-hydrogen) atoms. The molecule has 0 saturated heterocycles. The first kappa shape index (κ1) is 27.8. The van der Waals surface area contributed by atoms with E-state index in [0.717, 1.165) is 47.9 Å². The largest absolute Gasteiger partial charge is 0.461 e. The van der Waals surface area contributed by atoms with Crippen LogP contribution in [-0.4, -0.2) is 41.0 Å². The van der Waals surface area contributed by atoms with Crippen LogP contribution in [-0.2, 0) is 16.0 Å². The van der Waals surface area contributed by atoms with Crippen molar-refractivity contribution in [2.24, 2.45) is 16.9 Å². The number of halogens is 1. The quantitative estimate of drug-likeness (QED) is 0.333. The van der Waals surface area contributed by atoms with E-state index in [4.69, 9.17) is 16.2 Å². The number of amides is 1. The van der Waals surface area contributed by atoms with Gasteiger partial charge in [-0.05, 0) is 86.3 Å². The molecule has 3 aromatic rings. The van der Waals surface area contributed by atoms with E-state index in [1.165, 1.54) is 12.1 Å². The van der Waals surface area contributed by atoms with Gasteiger partial charge in [-0.3, -0.25) is 19.0 Å². The van der Waals surface area contributed by atoms with Gasteiger partial charge >= 0.3 is 5.97 Å². The zero-order valence-corrected chi connectivity index (χ0v) is 23.1. The number of nitrogens with zero attached hydrogens (tertiary/aromatic N) is 1. The van der Waals surface area contributed by atoms with Crippen LogP contribution in [0.25, 0.3) is 22.0 Å². The van der Waals surface area contributed by atoms with E-state index in [0.29, 0.717) is 42.5 Å². The standard InChI is InChI=1S/C31H37FN4O4/c1-3-31(4-2)15-26-29(23-12-6-19(32)14-25(23)36(26)27(37)16-31)18-5-11-22(30(34)39)24(13-18)35-20-7-9-21(10-8-20)40-28(38)17-33/h5-6,11-14,20-21,35H,3-4,7-10,15-17,33H2,1-2H3,(H2,34,39). The molecule has 1 saturated carbocycles. The Morgan fingerprint density at radius 3 is 2.45 bits per heavy atom. The summed E-state index contributed by atoms with van der Waals surface area (Å²) in [5.41, 5.74) is 15.1. The van der Waals surface area contributed by atoms with Crippen LogP contribution in [0.3, 0.4) is 0 Å². The molecule has 1 amide bonds. The fourth-order valence-corrected chi connectivity index (χ4v) is 6.47. The van der Waals surface area contributed by atoms with Crippen molar-refractivity contribution in [1.29, 1.82) is 0 Å². The van der Waals surface area contributed by atoms with Gasteiger partial charge in [0.1, 0.15) is 11.9 Å². The number of primary amides is 1. The molecule has 1 aliphatic heterocycles. The highest BCUT2D eigenvalue weighted by Crippen LogP contribution is 2.46. The van der Waals surface area contributed by atoms with Crippen LogP contribution in [0.5, 0.6) is 0 Å². The first-order valence-electron chi connectivity index (χ1n) is 14.1. The van der Waals surface area contributed by atoms with Crippen LogP contribution in [0.1, 0.15) is 79.6 Å². The lowest BCUT2D eigenvalue weighted by Gasteiger charge is -2.36. The summed E-state index contributed by atoms with van der Waals surface area (Å²) in [6, 6.07) is 10.1. The van der Waals surface area contributed by atoms with Crippen LogP contribution in [0.15, 0.2) is 36.4 Å². The average Bonchev–Trinajstić information content (AvgIpc) is 3.27. The maximum Gasteiger partial charge on any atom is 0.319 e. The molecule has 2 heterocycles. The predicted octanol–water partition coefficient (Wildman–Crippen LogP) is 5.16. The summed E-state index contributed by atoms with van der Waals surface area (Å²) in [5, 5.41) is 4.30. The van der Waals surface area contributed by atoms with Crippen molar-refractivity contribution in [2.45, 2.75) is 77.4 Å². The van der Waals surface area contributed by atoms with Crippen LogP contribution in [0.4, 0.5) is 10.1 Å². The molecule has 0 atom stereocenters. The number of carbonyl (C=O) groups excluding carboxylic acids is 3. The molecule has 2 aliphatic rings. The molecular formula is C31H37FN4O4. The van der Waals surface area contributed by atoms with Crippen LogP contribution in [0.2, 0.25) is 0 Å². The van der Waals surface area contributed by atoms with Gasteiger partial charge in [0.05, 0.1) is 17.6 Å². The van der Waals surface area contributed by atoms with Gasteiger partial charge in [-0.1, -0.05) is 19.9 Å². The van der Waals surface area contributed by atoms with Crippen LogP contribution in [0, 0.1) is 11.2 Å². The normalized spacial score (nSPS) is 20.2. The molecule has 1 aromatic heterocycles. The molecule has 0 radical (unpaired) electrons. The van der Waals surface area contributed by atoms with Crippen LogP contribution >= 0.6 is 0 Å². The molecule has 1 aliphatic carbocycles. The highest BCUT2D eigenvalue weighted by Gasteiger charge is 2.39. The molecule has 2 aromatic carbocycles. The molecule has 0 bridgehead atoms. The zero-order chi connectivity index (χ0) is 28.6. The van der Waals surface area contributed by atoms with Crippen LogP contribution < -0.4 is 16.8 Å². The highest BCUT2D eigenvalue weighted by molar-refractivity contribution is 6.06. The van der Waals surface area contributed by atoms with E-state index >= 15 is 0 Å². The molecule has 9 heteroatoms. The Kier molecular flexibility index (Phi) is 7.68. The number of hydrogen-bond donors (Lipinski definition) is 3. The van der Waals surface area contributed by atoms with Gasteiger partial charge in [0, 0.05) is 34.8 Å². The molecule has 8 nitrogen and oxygen atoms in total. The van der Waals surface area contributed by atoms with Crippen molar-refractivity contribution >= 4 is 34.4 Å². The minimum Gasteiger partial charge on any atom is -0.461 e. The van der Waals surface area contributed by atoms with Crippen molar-refractivity contribution in [3.05, 3.63) is 53.5 Å². The number of esters is 1. The summed E-state index contributed by atoms with van der Waals surface area (Å²) in [7, 11) is 0. The van der Waals surface area contributed by atoms with Gasteiger partial charge < -0.3 is 21.5 Å². The van der Waals surface area contributed by atoms with E-state index in [2.05, 4.69) is 19.2 Å². The maximum atomic E-state index is 14.4. The second-order valence-electron chi connectivity index (χ2n) is 11.2. The number of nitrogens with two attached hydrogens (primary N) is 2. The maximum absolute atomic E-state index is 14.4. The number of hydrogen-bond acceptors (Lipinski definition) is 6. The van der Waals surface area contributed by atoms with E-state index in [1.54, 1.807) is 16.7 Å². The summed E-state index contributed by atoms with van der Waals surface area (Å²) in [5.74, 6) is -1.37. The van der Waals surface area contributed by atoms with Crippen molar-refractivity contribution < 1.29 is 23.5 Å². The number of aromatic nitrogens is 1. The van der Waals surface area contributed by atoms with Crippen molar-refractivity contribution in [2.75, 3.05) is 11.9 Å². The lowest BCUT2D eigenvalue weighted by atomic mass is 9.72. The minimum atomic E-state index is -0.545. The van der Waals surface area contributed by atoms with Gasteiger partial charge in [0.25, 0.3) is 5.91 Å². The molecule has 5 rings (SSSR count). The number of rotatable bonds is 8. The predicted molar refractivity (Wildman–Crippen MR) is 153 cm³/mol. The second kappa shape index (κ2) is 11.0. The Labute approximate surface area is 233 Å². The topological polar surface area (TPSA) is 129 Å². The van der Waals surface area contributed by atoms with Gasteiger partial charge in [-0.25, -0.2) is 4.39 Å². The molecule has 0 unspecified atom stereocenters. The molecular weight excluding hydrogens is 511 g/mol. The van der Waals surface area contributed by atoms with Gasteiger partial charge in [-0.15, -0.1) is 0 Å². The third-order valence-electron chi connectivity index (χ3n) is 8.92. The average molecular weight is 549 g/mol. The van der Waals surface area contributed by atoms with Crippen molar-refractivity contribution in [3.8, 4) is 11.1 Å². The monoisotopic (exact) mass is 548 g/mol. The van der Waals surface area contributed by atoms with Gasteiger partial charge in [-0.2, -0.15) is 0 Å². The summed E-state index contributed by atoms with van der Waals surface area (Å²) in [6.07, 6.45) is 5.56. The van der Waals surface area contributed by atoms with Gasteiger partial charge in [0.15, 0.2) is 0 Å². The Balaban J connectivity index is 1.55. The number of anilines is 1. The Bertz CT molecular complexity index is 1470. The lowest BCUT2D eigenvalue weighted by molar-refractivity contribution is -0.148. The summed E-state index contributed by atoms with van der Waals surface area (Å²) >= 11 is 0. The zero-order valence-electron chi connectivity index (χ0n) is 23.1. The van der Waals surface area contributed by atoms with Gasteiger partial charge in [0.2, 0.25) is 5.91 Å². The summed E-state index contributed by atoms with van der Waals surface area (Å²) in [6.45, 7) is 4.09. The fraction of sp³-hybridized carbons (Fsp3) is 0.452. The Hall–Kier alpha value is -3.72. The molecule has 0 spiro atoms. The second-order valence-corrected chi connectivity index (χ2v) is 11.2. The first-order chi connectivity index (χ1) is 19.2. The molecule has 212 valence electrons. The van der Waals surface area contributed by atoms with E-state index in [9.17, 15) is 18.8 Å². The summed E-state index contributed by atoms with van der Waals surface area (Å²) < 4.78 is 21.5. The Morgan fingerprint density at radius 2 is 1.80 bits per heavy atom. The number of nitrogens with one attached hydrogen (secondary N) is 1. The van der Waals surface area contributed by atoms with E-state index in [1.807, 2.05) is 12.1 Å². The number of carbonyl (C=O) groups is 3. The number of benzene rings is 2. The van der Waals surface area contributed by atoms with Crippen molar-refractivity contribution in [3.63, 3.8) is 0 Å². The summed E-state index contributed by atoms with van der Waals surface area (Å²) in [4.78, 5) is 37.5. The SMILES string of the molecule is CCC1(CC)CC(=O)n2c(c(-c3ccc(C(N)=O)c(NC4CCC(OC(=O)CN)CC4)c3)c3ccc(F)cc32)C1. The highest BCUT2D eigenvalue weighted by atomic mass is 19.1. The van der Waals surface area contributed by atoms with Crippen molar-refractivity contribution in [1.82, 2.24) is 4.57 Å². The third-order valence-corrected chi connectivity index (χ3v) is 8.92. The lowest BCUT2D eigenvalue weighted by Crippen LogP contribution is -2.35.